The minimum atomic E-state index is 0.177. The summed E-state index contributed by atoms with van der Waals surface area (Å²) < 4.78 is 7.35. The van der Waals surface area contributed by atoms with Crippen molar-refractivity contribution in [3.05, 3.63) is 18.0 Å². The molecule has 0 aliphatic carbocycles. The standard InChI is InChI=1S/C12H24N4O/c1-4-17-12(7-13)5-6-15(2)9-11-8-14-16(3)10-11/h8,10,12H,4-7,9,13H2,1-3H3. The van der Waals surface area contributed by atoms with Gasteiger partial charge in [-0.1, -0.05) is 0 Å². The Hall–Kier alpha value is -0.910. The second-order valence-electron chi connectivity index (χ2n) is 4.36. The first kappa shape index (κ1) is 14.2. The number of rotatable bonds is 8. The van der Waals surface area contributed by atoms with Crippen molar-refractivity contribution in [1.82, 2.24) is 14.7 Å². The van der Waals surface area contributed by atoms with E-state index in [2.05, 4.69) is 17.0 Å². The van der Waals surface area contributed by atoms with E-state index >= 15 is 0 Å². The quantitative estimate of drug-likeness (QED) is 0.723. The Balaban J connectivity index is 2.26. The molecule has 0 saturated carbocycles. The Bertz CT molecular complexity index is 313. The average Bonchev–Trinajstić information content (AvgIpc) is 2.70. The Morgan fingerprint density at radius 2 is 2.35 bits per heavy atom. The lowest BCUT2D eigenvalue weighted by Gasteiger charge is -2.20. The van der Waals surface area contributed by atoms with E-state index in [1.807, 2.05) is 31.0 Å². The lowest BCUT2D eigenvalue weighted by Crippen LogP contribution is -2.29. The maximum Gasteiger partial charge on any atom is 0.0709 e. The number of aromatic nitrogens is 2. The molecule has 17 heavy (non-hydrogen) atoms. The molecule has 1 unspecified atom stereocenters. The van der Waals surface area contributed by atoms with Crippen molar-refractivity contribution >= 4 is 0 Å². The summed E-state index contributed by atoms with van der Waals surface area (Å²) in [6.07, 6.45) is 5.09. The fourth-order valence-electron chi connectivity index (χ4n) is 1.81. The van der Waals surface area contributed by atoms with Gasteiger partial charge in [-0.2, -0.15) is 5.10 Å². The van der Waals surface area contributed by atoms with Crippen LogP contribution in [0.4, 0.5) is 0 Å². The molecule has 0 aliphatic heterocycles. The highest BCUT2D eigenvalue weighted by Crippen LogP contribution is 2.04. The fourth-order valence-corrected chi connectivity index (χ4v) is 1.81. The van der Waals surface area contributed by atoms with Gasteiger partial charge < -0.3 is 15.4 Å². The third-order valence-corrected chi connectivity index (χ3v) is 2.71. The molecule has 0 spiro atoms. The summed E-state index contributed by atoms with van der Waals surface area (Å²) in [4.78, 5) is 2.26. The molecule has 0 fully saturated rings. The Morgan fingerprint density at radius 3 is 2.88 bits per heavy atom. The summed E-state index contributed by atoms with van der Waals surface area (Å²) in [6.45, 7) is 5.22. The van der Waals surface area contributed by atoms with Crippen LogP contribution in [0.1, 0.15) is 18.9 Å². The molecule has 0 bridgehead atoms. The number of hydrogen-bond donors (Lipinski definition) is 1. The molecule has 0 aromatic carbocycles. The van der Waals surface area contributed by atoms with Gasteiger partial charge in [0.1, 0.15) is 0 Å². The molecule has 1 rings (SSSR count). The predicted octanol–water partition coefficient (Wildman–Crippen LogP) is 0.606. The van der Waals surface area contributed by atoms with Gasteiger partial charge in [0, 0.05) is 45.0 Å². The SMILES string of the molecule is CCOC(CN)CCN(C)Cc1cnn(C)c1. The van der Waals surface area contributed by atoms with Crippen LogP contribution in [-0.2, 0) is 18.3 Å². The van der Waals surface area contributed by atoms with Gasteiger partial charge in [0.2, 0.25) is 0 Å². The predicted molar refractivity (Wildman–Crippen MR) is 68.6 cm³/mol. The van der Waals surface area contributed by atoms with Gasteiger partial charge >= 0.3 is 0 Å². The highest BCUT2D eigenvalue weighted by atomic mass is 16.5. The third kappa shape index (κ3) is 5.30. The molecule has 0 amide bonds. The zero-order valence-corrected chi connectivity index (χ0v) is 11.1. The van der Waals surface area contributed by atoms with Crippen LogP contribution in [0.25, 0.3) is 0 Å². The molecule has 1 aromatic heterocycles. The van der Waals surface area contributed by atoms with Crippen LogP contribution < -0.4 is 5.73 Å². The van der Waals surface area contributed by atoms with Crippen LogP contribution in [-0.4, -0.2) is 47.5 Å². The van der Waals surface area contributed by atoms with Crippen molar-refractivity contribution in [3.63, 3.8) is 0 Å². The molecule has 0 radical (unpaired) electrons. The third-order valence-electron chi connectivity index (χ3n) is 2.71. The molecule has 5 heteroatoms. The van der Waals surface area contributed by atoms with E-state index in [0.29, 0.717) is 6.54 Å². The van der Waals surface area contributed by atoms with Crippen molar-refractivity contribution in [2.24, 2.45) is 12.8 Å². The highest BCUT2D eigenvalue weighted by Gasteiger charge is 2.08. The summed E-state index contributed by atoms with van der Waals surface area (Å²) in [5.74, 6) is 0. The number of nitrogens with two attached hydrogens (primary N) is 1. The van der Waals surface area contributed by atoms with E-state index in [4.69, 9.17) is 10.5 Å². The van der Waals surface area contributed by atoms with E-state index in [-0.39, 0.29) is 6.10 Å². The van der Waals surface area contributed by atoms with Crippen molar-refractivity contribution in [2.75, 3.05) is 26.7 Å². The summed E-state index contributed by atoms with van der Waals surface area (Å²) in [6, 6.07) is 0. The van der Waals surface area contributed by atoms with E-state index in [1.54, 1.807) is 0 Å². The first-order valence-electron chi connectivity index (χ1n) is 6.13. The monoisotopic (exact) mass is 240 g/mol. The summed E-state index contributed by atoms with van der Waals surface area (Å²) >= 11 is 0. The molecular weight excluding hydrogens is 216 g/mol. The van der Waals surface area contributed by atoms with Gasteiger partial charge in [-0.05, 0) is 20.4 Å². The Kier molecular flexibility index (Phi) is 6.18. The molecular formula is C12H24N4O. The van der Waals surface area contributed by atoms with Gasteiger partial charge in [0.05, 0.1) is 12.3 Å². The smallest absolute Gasteiger partial charge is 0.0709 e. The van der Waals surface area contributed by atoms with E-state index in [0.717, 1.165) is 26.1 Å². The maximum absolute atomic E-state index is 5.64. The molecule has 98 valence electrons. The Labute approximate surface area is 104 Å². The maximum atomic E-state index is 5.64. The minimum absolute atomic E-state index is 0.177. The zero-order valence-electron chi connectivity index (χ0n) is 11.1. The second kappa shape index (κ2) is 7.42. The number of nitrogens with zero attached hydrogens (tertiary/aromatic N) is 3. The summed E-state index contributed by atoms with van der Waals surface area (Å²) in [5, 5.41) is 4.16. The molecule has 1 aromatic rings. The van der Waals surface area contributed by atoms with Crippen molar-refractivity contribution in [3.8, 4) is 0 Å². The van der Waals surface area contributed by atoms with Crippen molar-refractivity contribution in [1.29, 1.82) is 0 Å². The molecule has 1 atom stereocenters. The summed E-state index contributed by atoms with van der Waals surface area (Å²) in [5.41, 5.74) is 6.88. The average molecular weight is 240 g/mol. The van der Waals surface area contributed by atoms with Crippen molar-refractivity contribution in [2.45, 2.75) is 26.0 Å². The molecule has 5 nitrogen and oxygen atoms in total. The van der Waals surface area contributed by atoms with Crippen molar-refractivity contribution < 1.29 is 4.74 Å². The zero-order chi connectivity index (χ0) is 12.7. The number of aryl methyl sites for hydroxylation is 1. The van der Waals surface area contributed by atoms with Gasteiger partial charge in [-0.15, -0.1) is 0 Å². The normalized spacial score (nSPS) is 13.2. The first-order chi connectivity index (χ1) is 8.15. The van der Waals surface area contributed by atoms with E-state index in [1.165, 1.54) is 5.56 Å². The minimum Gasteiger partial charge on any atom is -0.377 e. The van der Waals surface area contributed by atoms with E-state index in [9.17, 15) is 0 Å². The number of ether oxygens (including phenoxy) is 1. The van der Waals surface area contributed by atoms with Crippen LogP contribution in [0.15, 0.2) is 12.4 Å². The lowest BCUT2D eigenvalue weighted by molar-refractivity contribution is 0.0559. The van der Waals surface area contributed by atoms with Gasteiger partial charge in [0.15, 0.2) is 0 Å². The van der Waals surface area contributed by atoms with Crippen LogP contribution >= 0.6 is 0 Å². The fraction of sp³-hybridized carbons (Fsp3) is 0.750. The second-order valence-corrected chi connectivity index (χ2v) is 4.36. The van der Waals surface area contributed by atoms with Gasteiger partial charge in [-0.3, -0.25) is 4.68 Å². The van der Waals surface area contributed by atoms with Crippen LogP contribution in [0.5, 0.6) is 0 Å². The Morgan fingerprint density at radius 1 is 1.59 bits per heavy atom. The lowest BCUT2D eigenvalue weighted by atomic mass is 10.2. The first-order valence-corrected chi connectivity index (χ1v) is 6.13. The largest absolute Gasteiger partial charge is 0.377 e. The van der Waals surface area contributed by atoms with Crippen LogP contribution in [0.3, 0.4) is 0 Å². The molecule has 0 saturated heterocycles. The van der Waals surface area contributed by atoms with E-state index < -0.39 is 0 Å². The number of hydrogen-bond acceptors (Lipinski definition) is 4. The topological polar surface area (TPSA) is 56.3 Å². The summed E-state index contributed by atoms with van der Waals surface area (Å²) in [7, 11) is 4.04. The van der Waals surface area contributed by atoms with Gasteiger partial charge in [0.25, 0.3) is 0 Å². The molecule has 1 heterocycles. The van der Waals surface area contributed by atoms with Crippen LogP contribution in [0, 0.1) is 0 Å². The molecule has 2 N–H and O–H groups in total. The van der Waals surface area contributed by atoms with Gasteiger partial charge in [-0.25, -0.2) is 0 Å². The highest BCUT2D eigenvalue weighted by molar-refractivity contribution is 5.02. The molecule has 0 aliphatic rings. The van der Waals surface area contributed by atoms with Crippen LogP contribution in [0.2, 0.25) is 0 Å².